The fraction of sp³-hybridized carbons (Fsp3) is 0.143. The molecule has 0 fully saturated rings. The van der Waals surface area contributed by atoms with Gasteiger partial charge in [0.25, 0.3) is 0 Å². The molecule has 0 radical (unpaired) electrons. The SMILES string of the molecule is OCC(Nc1ccccc1)c1c(Cl)cccc1Cl. The molecule has 94 valence electrons. The molecule has 0 aromatic heterocycles. The molecular weight excluding hydrogens is 269 g/mol. The predicted octanol–water partition coefficient (Wildman–Crippen LogP) is 4.14. The molecule has 0 saturated heterocycles. The fourth-order valence-electron chi connectivity index (χ4n) is 1.79. The molecule has 0 spiro atoms. The highest BCUT2D eigenvalue weighted by Gasteiger charge is 2.16. The summed E-state index contributed by atoms with van der Waals surface area (Å²) in [7, 11) is 0. The van der Waals surface area contributed by atoms with Crippen LogP contribution in [0.5, 0.6) is 0 Å². The topological polar surface area (TPSA) is 32.3 Å². The number of rotatable bonds is 4. The number of benzene rings is 2. The van der Waals surface area contributed by atoms with Gasteiger partial charge in [0, 0.05) is 21.3 Å². The summed E-state index contributed by atoms with van der Waals surface area (Å²) in [6.07, 6.45) is 0. The minimum atomic E-state index is -0.325. The number of hydrogen-bond acceptors (Lipinski definition) is 2. The smallest absolute Gasteiger partial charge is 0.0774 e. The number of anilines is 1. The Bertz CT molecular complexity index is 496. The van der Waals surface area contributed by atoms with Crippen molar-refractivity contribution in [3.05, 3.63) is 64.1 Å². The van der Waals surface area contributed by atoms with E-state index in [0.29, 0.717) is 15.6 Å². The molecule has 1 unspecified atom stereocenters. The second kappa shape index (κ2) is 6.10. The van der Waals surface area contributed by atoms with Crippen LogP contribution in [0, 0.1) is 0 Å². The van der Waals surface area contributed by atoms with Gasteiger partial charge < -0.3 is 10.4 Å². The Kier molecular flexibility index (Phi) is 4.48. The van der Waals surface area contributed by atoms with Crippen molar-refractivity contribution in [1.82, 2.24) is 0 Å². The summed E-state index contributed by atoms with van der Waals surface area (Å²) >= 11 is 12.3. The van der Waals surface area contributed by atoms with Crippen molar-refractivity contribution in [2.75, 3.05) is 11.9 Å². The monoisotopic (exact) mass is 281 g/mol. The maximum absolute atomic E-state index is 9.51. The molecule has 0 heterocycles. The van der Waals surface area contributed by atoms with Crippen LogP contribution < -0.4 is 5.32 Å². The molecule has 0 amide bonds. The largest absolute Gasteiger partial charge is 0.394 e. The third-order valence-corrected chi connectivity index (χ3v) is 3.30. The summed E-state index contributed by atoms with van der Waals surface area (Å²) in [5, 5.41) is 13.8. The van der Waals surface area contributed by atoms with Crippen LogP contribution in [0.3, 0.4) is 0 Å². The van der Waals surface area contributed by atoms with E-state index >= 15 is 0 Å². The van der Waals surface area contributed by atoms with Crippen LogP contribution in [0.2, 0.25) is 10.0 Å². The van der Waals surface area contributed by atoms with E-state index in [2.05, 4.69) is 5.32 Å². The van der Waals surface area contributed by atoms with Crippen LogP contribution in [0.4, 0.5) is 5.69 Å². The standard InChI is InChI=1S/C14H13Cl2NO/c15-11-7-4-8-12(16)14(11)13(9-18)17-10-5-2-1-3-6-10/h1-8,13,17-18H,9H2. The van der Waals surface area contributed by atoms with E-state index in [1.54, 1.807) is 18.2 Å². The molecule has 0 aliphatic carbocycles. The Hall–Kier alpha value is -1.22. The number of nitrogens with one attached hydrogen (secondary N) is 1. The molecule has 2 aromatic rings. The Labute approximate surface area is 116 Å². The lowest BCUT2D eigenvalue weighted by Gasteiger charge is -2.20. The van der Waals surface area contributed by atoms with E-state index in [-0.39, 0.29) is 12.6 Å². The zero-order chi connectivity index (χ0) is 13.0. The van der Waals surface area contributed by atoms with E-state index in [1.807, 2.05) is 30.3 Å². The van der Waals surface area contributed by atoms with Gasteiger partial charge in [-0.25, -0.2) is 0 Å². The number of hydrogen-bond donors (Lipinski definition) is 2. The maximum Gasteiger partial charge on any atom is 0.0774 e. The summed E-state index contributed by atoms with van der Waals surface area (Å²) in [5.41, 5.74) is 1.62. The van der Waals surface area contributed by atoms with Crippen LogP contribution in [0.15, 0.2) is 48.5 Å². The van der Waals surface area contributed by atoms with Gasteiger partial charge in [-0.15, -0.1) is 0 Å². The van der Waals surface area contributed by atoms with Crippen molar-refractivity contribution in [2.24, 2.45) is 0 Å². The van der Waals surface area contributed by atoms with Crippen LogP contribution in [-0.2, 0) is 0 Å². The molecule has 2 N–H and O–H groups in total. The molecule has 0 aliphatic heterocycles. The van der Waals surface area contributed by atoms with Gasteiger partial charge in [-0.1, -0.05) is 47.5 Å². The van der Waals surface area contributed by atoms with E-state index in [1.165, 1.54) is 0 Å². The molecule has 2 aromatic carbocycles. The Morgan fingerprint density at radius 3 is 2.11 bits per heavy atom. The Balaban J connectivity index is 2.29. The van der Waals surface area contributed by atoms with E-state index in [9.17, 15) is 5.11 Å². The van der Waals surface area contributed by atoms with E-state index in [0.717, 1.165) is 5.69 Å². The first-order chi connectivity index (χ1) is 8.72. The Morgan fingerprint density at radius 2 is 1.56 bits per heavy atom. The van der Waals surface area contributed by atoms with Gasteiger partial charge in [-0.3, -0.25) is 0 Å². The molecule has 2 rings (SSSR count). The Morgan fingerprint density at radius 1 is 0.944 bits per heavy atom. The van der Waals surface area contributed by atoms with Crippen LogP contribution in [-0.4, -0.2) is 11.7 Å². The number of halogens is 2. The average Bonchev–Trinajstić information content (AvgIpc) is 2.38. The lowest BCUT2D eigenvalue weighted by Crippen LogP contribution is -2.15. The summed E-state index contributed by atoms with van der Waals surface area (Å²) in [6.45, 7) is -0.0850. The highest BCUT2D eigenvalue weighted by atomic mass is 35.5. The van der Waals surface area contributed by atoms with Crippen molar-refractivity contribution in [3.63, 3.8) is 0 Å². The van der Waals surface area contributed by atoms with Crippen LogP contribution >= 0.6 is 23.2 Å². The lowest BCUT2D eigenvalue weighted by molar-refractivity contribution is 0.276. The number of aliphatic hydroxyl groups is 1. The maximum atomic E-state index is 9.51. The molecule has 0 bridgehead atoms. The van der Waals surface area contributed by atoms with Gasteiger partial charge in [0.2, 0.25) is 0 Å². The minimum absolute atomic E-state index is 0.0850. The van der Waals surface area contributed by atoms with E-state index in [4.69, 9.17) is 23.2 Å². The average molecular weight is 282 g/mol. The predicted molar refractivity (Wildman–Crippen MR) is 76.4 cm³/mol. The highest BCUT2D eigenvalue weighted by Crippen LogP contribution is 2.32. The zero-order valence-electron chi connectivity index (χ0n) is 9.61. The quantitative estimate of drug-likeness (QED) is 0.883. The highest BCUT2D eigenvalue weighted by molar-refractivity contribution is 6.36. The molecular formula is C14H13Cl2NO. The second-order valence-corrected chi connectivity index (χ2v) is 4.70. The van der Waals surface area contributed by atoms with Gasteiger partial charge in [0.05, 0.1) is 12.6 Å². The molecule has 0 aliphatic rings. The molecule has 18 heavy (non-hydrogen) atoms. The van der Waals surface area contributed by atoms with E-state index < -0.39 is 0 Å². The number of para-hydroxylation sites is 1. The van der Waals surface area contributed by atoms with Gasteiger partial charge in [0.1, 0.15) is 0 Å². The van der Waals surface area contributed by atoms with Gasteiger partial charge in [0.15, 0.2) is 0 Å². The van der Waals surface area contributed by atoms with Crippen molar-refractivity contribution in [2.45, 2.75) is 6.04 Å². The first-order valence-electron chi connectivity index (χ1n) is 5.58. The molecule has 4 heteroatoms. The summed E-state index contributed by atoms with van der Waals surface area (Å²) in [5.74, 6) is 0. The number of aliphatic hydroxyl groups excluding tert-OH is 1. The van der Waals surface area contributed by atoms with Crippen molar-refractivity contribution >= 4 is 28.9 Å². The summed E-state index contributed by atoms with van der Waals surface area (Å²) < 4.78 is 0. The lowest BCUT2D eigenvalue weighted by atomic mass is 10.1. The summed E-state index contributed by atoms with van der Waals surface area (Å²) in [6, 6.07) is 14.6. The first-order valence-corrected chi connectivity index (χ1v) is 6.34. The van der Waals surface area contributed by atoms with Crippen molar-refractivity contribution in [1.29, 1.82) is 0 Å². The normalized spacial score (nSPS) is 12.2. The van der Waals surface area contributed by atoms with Crippen molar-refractivity contribution < 1.29 is 5.11 Å². The third kappa shape index (κ3) is 2.96. The molecule has 2 nitrogen and oxygen atoms in total. The van der Waals surface area contributed by atoms with Gasteiger partial charge >= 0.3 is 0 Å². The summed E-state index contributed by atoms with van der Waals surface area (Å²) in [4.78, 5) is 0. The van der Waals surface area contributed by atoms with Gasteiger partial charge in [-0.2, -0.15) is 0 Å². The molecule has 0 saturated carbocycles. The first kappa shape index (κ1) is 13.2. The minimum Gasteiger partial charge on any atom is -0.394 e. The third-order valence-electron chi connectivity index (χ3n) is 2.65. The zero-order valence-corrected chi connectivity index (χ0v) is 11.1. The second-order valence-electron chi connectivity index (χ2n) is 3.88. The fourth-order valence-corrected chi connectivity index (χ4v) is 2.45. The van der Waals surface area contributed by atoms with Crippen LogP contribution in [0.1, 0.15) is 11.6 Å². The van der Waals surface area contributed by atoms with Crippen molar-refractivity contribution in [3.8, 4) is 0 Å². The molecule has 1 atom stereocenters. The van der Waals surface area contributed by atoms with Gasteiger partial charge in [-0.05, 0) is 24.3 Å². The van der Waals surface area contributed by atoms with Crippen LogP contribution in [0.25, 0.3) is 0 Å².